The van der Waals surface area contributed by atoms with Gasteiger partial charge in [0, 0.05) is 5.56 Å². The van der Waals surface area contributed by atoms with Crippen molar-refractivity contribution in [2.24, 2.45) is 0 Å². The lowest BCUT2D eigenvalue weighted by Crippen LogP contribution is -2.54. The van der Waals surface area contributed by atoms with Crippen molar-refractivity contribution < 1.29 is 28.2 Å². The van der Waals surface area contributed by atoms with Crippen LogP contribution in [-0.4, -0.2) is 25.0 Å². The number of amides is 4. The average molecular weight is 460 g/mol. The Hall–Kier alpha value is -4.46. The van der Waals surface area contributed by atoms with Crippen LogP contribution >= 0.6 is 0 Å². The van der Waals surface area contributed by atoms with E-state index in [1.807, 2.05) is 13.0 Å². The monoisotopic (exact) mass is 460 g/mol. The summed E-state index contributed by atoms with van der Waals surface area (Å²) in [5, 5.41) is 2.20. The van der Waals surface area contributed by atoms with Crippen molar-refractivity contribution in [1.82, 2.24) is 5.32 Å². The first kappa shape index (κ1) is 22.7. The molecule has 0 aliphatic carbocycles. The Labute approximate surface area is 195 Å². The number of urea groups is 1. The highest BCUT2D eigenvalue weighted by Gasteiger charge is 2.36. The summed E-state index contributed by atoms with van der Waals surface area (Å²) < 4.78 is 24.9. The third-order valence-corrected chi connectivity index (χ3v) is 5.20. The molecule has 1 aliphatic heterocycles. The lowest BCUT2D eigenvalue weighted by Gasteiger charge is -2.26. The van der Waals surface area contributed by atoms with Gasteiger partial charge in [0.15, 0.2) is 11.5 Å². The van der Waals surface area contributed by atoms with E-state index in [4.69, 9.17) is 9.47 Å². The number of rotatable bonds is 6. The van der Waals surface area contributed by atoms with Gasteiger partial charge in [-0.05, 0) is 54.5 Å². The smallest absolute Gasteiger partial charge is 0.335 e. The van der Waals surface area contributed by atoms with Gasteiger partial charge in [-0.2, -0.15) is 0 Å². The van der Waals surface area contributed by atoms with Crippen LogP contribution in [0.5, 0.6) is 11.5 Å². The molecule has 0 radical (unpaired) electrons. The third kappa shape index (κ3) is 4.66. The summed E-state index contributed by atoms with van der Waals surface area (Å²) in [5.74, 6) is -1.21. The van der Waals surface area contributed by atoms with Crippen LogP contribution in [0, 0.1) is 12.7 Å². The minimum Gasteiger partial charge on any atom is -0.493 e. The molecule has 1 fully saturated rings. The quantitative estimate of drug-likeness (QED) is 0.436. The molecule has 0 atom stereocenters. The Morgan fingerprint density at radius 3 is 2.50 bits per heavy atom. The number of carbonyl (C=O) groups is 3. The molecule has 1 heterocycles. The minimum atomic E-state index is -0.813. The molecule has 1 N–H and O–H groups in total. The Bertz CT molecular complexity index is 1320. The van der Waals surface area contributed by atoms with E-state index in [0.29, 0.717) is 28.3 Å². The summed E-state index contributed by atoms with van der Waals surface area (Å²) in [6.45, 7) is 1.83. The number of carbonyl (C=O) groups excluding carboxylic acids is 3. The van der Waals surface area contributed by atoms with Crippen molar-refractivity contribution in [3.8, 4) is 11.5 Å². The molecule has 3 aromatic rings. The molecular weight excluding hydrogens is 439 g/mol. The highest BCUT2D eigenvalue weighted by Crippen LogP contribution is 2.31. The van der Waals surface area contributed by atoms with Crippen molar-refractivity contribution in [2.75, 3.05) is 12.0 Å². The van der Waals surface area contributed by atoms with Gasteiger partial charge in [0.05, 0.1) is 12.8 Å². The second-order valence-electron chi connectivity index (χ2n) is 7.59. The molecule has 0 aromatic heterocycles. The molecule has 0 saturated carbocycles. The number of hydrogen-bond acceptors (Lipinski definition) is 5. The number of anilines is 1. The number of nitrogens with zero attached hydrogens (tertiary/aromatic N) is 1. The number of hydrogen-bond donors (Lipinski definition) is 1. The molecule has 3 aromatic carbocycles. The van der Waals surface area contributed by atoms with E-state index >= 15 is 0 Å². The zero-order valence-corrected chi connectivity index (χ0v) is 18.5. The van der Waals surface area contributed by atoms with Gasteiger partial charge >= 0.3 is 6.03 Å². The number of benzene rings is 3. The zero-order chi connectivity index (χ0) is 24.2. The number of aryl methyl sites for hydroxylation is 1. The first-order chi connectivity index (χ1) is 16.4. The SMILES string of the molecule is COc1cc(/C=C2\C(=O)NC(=O)N(c3cccc(C)c3)C2=O)ccc1OCc1ccccc1F. The van der Waals surface area contributed by atoms with Gasteiger partial charge in [-0.25, -0.2) is 14.1 Å². The highest BCUT2D eigenvalue weighted by atomic mass is 19.1. The van der Waals surface area contributed by atoms with Crippen LogP contribution in [0.1, 0.15) is 16.7 Å². The number of barbiturate groups is 1. The largest absolute Gasteiger partial charge is 0.493 e. The highest BCUT2D eigenvalue weighted by molar-refractivity contribution is 6.39. The fraction of sp³-hybridized carbons (Fsp3) is 0.115. The van der Waals surface area contributed by atoms with Crippen molar-refractivity contribution in [1.29, 1.82) is 0 Å². The lowest BCUT2D eigenvalue weighted by molar-refractivity contribution is -0.122. The third-order valence-electron chi connectivity index (χ3n) is 5.20. The second kappa shape index (κ2) is 9.58. The van der Waals surface area contributed by atoms with Gasteiger partial charge in [-0.1, -0.05) is 36.4 Å². The van der Waals surface area contributed by atoms with Crippen LogP contribution < -0.4 is 19.7 Å². The van der Waals surface area contributed by atoms with Crippen LogP contribution in [0.15, 0.2) is 72.3 Å². The van der Waals surface area contributed by atoms with Gasteiger partial charge in [-0.15, -0.1) is 0 Å². The molecule has 0 unspecified atom stereocenters. The molecule has 0 bridgehead atoms. The molecule has 1 saturated heterocycles. The van der Waals surface area contributed by atoms with E-state index in [0.717, 1.165) is 10.5 Å². The van der Waals surface area contributed by atoms with Crippen molar-refractivity contribution in [3.63, 3.8) is 0 Å². The maximum Gasteiger partial charge on any atom is 0.335 e. The van der Waals surface area contributed by atoms with E-state index in [1.54, 1.807) is 54.6 Å². The molecule has 8 heteroatoms. The summed E-state index contributed by atoms with van der Waals surface area (Å²) >= 11 is 0. The van der Waals surface area contributed by atoms with Gasteiger partial charge < -0.3 is 9.47 Å². The maximum absolute atomic E-state index is 13.9. The van der Waals surface area contributed by atoms with E-state index in [1.165, 1.54) is 19.3 Å². The van der Waals surface area contributed by atoms with Crippen LogP contribution in [0.25, 0.3) is 6.08 Å². The zero-order valence-electron chi connectivity index (χ0n) is 18.5. The molecule has 34 heavy (non-hydrogen) atoms. The predicted molar refractivity (Wildman–Crippen MR) is 124 cm³/mol. The van der Waals surface area contributed by atoms with Gasteiger partial charge in [-0.3, -0.25) is 14.9 Å². The van der Waals surface area contributed by atoms with Crippen molar-refractivity contribution >= 4 is 29.6 Å². The standard InChI is InChI=1S/C26H21FN2O5/c1-16-6-5-8-19(12-16)29-25(31)20(24(30)28-26(29)32)13-17-10-11-22(23(14-17)33-2)34-15-18-7-3-4-9-21(18)27/h3-14H,15H2,1-2H3,(H,28,30,32)/b20-13+. The Kier molecular flexibility index (Phi) is 6.40. The fourth-order valence-corrected chi connectivity index (χ4v) is 3.49. The molecule has 4 rings (SSSR count). The summed E-state index contributed by atoms with van der Waals surface area (Å²) in [4.78, 5) is 38.8. The average Bonchev–Trinajstić information content (AvgIpc) is 2.81. The molecular formula is C26H21FN2O5. The minimum absolute atomic E-state index is 0.00206. The summed E-state index contributed by atoms with van der Waals surface area (Å²) in [5.41, 5.74) is 1.88. The second-order valence-corrected chi connectivity index (χ2v) is 7.59. The molecule has 7 nitrogen and oxygen atoms in total. The first-order valence-corrected chi connectivity index (χ1v) is 10.4. The predicted octanol–water partition coefficient (Wildman–Crippen LogP) is 4.39. The lowest BCUT2D eigenvalue weighted by atomic mass is 10.1. The van der Waals surface area contributed by atoms with Gasteiger partial charge in [0.2, 0.25) is 0 Å². The number of methoxy groups -OCH3 is 1. The van der Waals surface area contributed by atoms with Crippen LogP contribution in [0.3, 0.4) is 0 Å². The van der Waals surface area contributed by atoms with Crippen LogP contribution in [-0.2, 0) is 16.2 Å². The summed E-state index contributed by atoms with van der Waals surface area (Å²) in [6.07, 6.45) is 1.37. The number of halogens is 1. The molecule has 0 spiro atoms. The number of ether oxygens (including phenoxy) is 2. The number of imide groups is 2. The molecule has 172 valence electrons. The summed E-state index contributed by atoms with van der Waals surface area (Å²) in [6, 6.07) is 17.1. The Morgan fingerprint density at radius 2 is 1.76 bits per heavy atom. The van der Waals surface area contributed by atoms with Gasteiger partial charge in [0.1, 0.15) is 18.0 Å². The Morgan fingerprint density at radius 1 is 0.971 bits per heavy atom. The van der Waals surface area contributed by atoms with E-state index in [-0.39, 0.29) is 18.0 Å². The van der Waals surface area contributed by atoms with Crippen molar-refractivity contribution in [2.45, 2.75) is 13.5 Å². The van der Waals surface area contributed by atoms with Crippen LogP contribution in [0.4, 0.5) is 14.9 Å². The Balaban J connectivity index is 1.60. The fourth-order valence-electron chi connectivity index (χ4n) is 3.49. The summed E-state index contributed by atoms with van der Waals surface area (Å²) in [7, 11) is 1.44. The molecule has 1 aliphatic rings. The van der Waals surface area contributed by atoms with Gasteiger partial charge in [0.25, 0.3) is 11.8 Å². The maximum atomic E-state index is 13.9. The van der Waals surface area contributed by atoms with Crippen molar-refractivity contribution in [3.05, 3.63) is 94.8 Å². The van der Waals surface area contributed by atoms with E-state index in [9.17, 15) is 18.8 Å². The van der Waals surface area contributed by atoms with E-state index in [2.05, 4.69) is 5.32 Å². The van der Waals surface area contributed by atoms with Crippen LogP contribution in [0.2, 0.25) is 0 Å². The first-order valence-electron chi connectivity index (χ1n) is 10.4. The molecule has 4 amide bonds. The normalized spacial score (nSPS) is 14.9. The topological polar surface area (TPSA) is 84.9 Å². The number of nitrogens with one attached hydrogen (secondary N) is 1. The van der Waals surface area contributed by atoms with E-state index < -0.39 is 17.8 Å².